The van der Waals surface area contributed by atoms with Crippen molar-refractivity contribution in [1.29, 1.82) is 0 Å². The number of aromatic nitrogens is 1. The molecule has 0 spiro atoms. The number of nitrogens with two attached hydrogens (primary N) is 1. The maximum absolute atomic E-state index is 12.3. The van der Waals surface area contributed by atoms with E-state index in [1.165, 1.54) is 0 Å². The van der Waals surface area contributed by atoms with E-state index in [1.54, 1.807) is 11.3 Å². The second kappa shape index (κ2) is 6.29. The van der Waals surface area contributed by atoms with Gasteiger partial charge in [-0.05, 0) is 26.7 Å². The number of nitrogens with one attached hydrogen (secondary N) is 1. The van der Waals surface area contributed by atoms with Crippen molar-refractivity contribution in [2.24, 2.45) is 11.1 Å². The molecule has 1 aromatic rings. The molecule has 1 aromatic heterocycles. The van der Waals surface area contributed by atoms with Crippen LogP contribution in [0.4, 0.5) is 0 Å². The van der Waals surface area contributed by atoms with Crippen molar-refractivity contribution in [3.05, 3.63) is 16.1 Å². The first-order valence-corrected chi connectivity index (χ1v) is 7.24. The van der Waals surface area contributed by atoms with E-state index in [-0.39, 0.29) is 11.9 Å². The molecular formula is C13H23N3OS. The quantitative estimate of drug-likeness (QED) is 0.833. The molecule has 1 unspecified atom stereocenters. The zero-order valence-electron chi connectivity index (χ0n) is 11.6. The maximum Gasteiger partial charge on any atom is 0.228 e. The molecule has 0 aliphatic heterocycles. The summed E-state index contributed by atoms with van der Waals surface area (Å²) in [7, 11) is 0. The Morgan fingerprint density at radius 3 is 2.56 bits per heavy atom. The van der Waals surface area contributed by atoms with Crippen LogP contribution in [-0.4, -0.2) is 17.4 Å². The molecule has 0 fully saturated rings. The van der Waals surface area contributed by atoms with Gasteiger partial charge in [0.05, 0.1) is 11.5 Å². The van der Waals surface area contributed by atoms with E-state index in [2.05, 4.69) is 10.3 Å². The molecule has 1 heterocycles. The minimum absolute atomic E-state index is 0.0374. The topological polar surface area (TPSA) is 68.0 Å². The summed E-state index contributed by atoms with van der Waals surface area (Å²) in [5, 5.41) is 3.98. The largest absolute Gasteiger partial charge is 0.347 e. The van der Waals surface area contributed by atoms with E-state index >= 15 is 0 Å². The Morgan fingerprint density at radius 2 is 2.17 bits per heavy atom. The van der Waals surface area contributed by atoms with E-state index < -0.39 is 5.41 Å². The second-order valence-electron chi connectivity index (χ2n) is 4.70. The van der Waals surface area contributed by atoms with Gasteiger partial charge in [-0.25, -0.2) is 4.98 Å². The predicted molar refractivity (Wildman–Crippen MR) is 75.5 cm³/mol. The molecule has 1 rings (SSSR count). The number of amides is 1. The molecule has 0 bridgehead atoms. The molecule has 0 aliphatic carbocycles. The van der Waals surface area contributed by atoms with E-state index in [0.717, 1.165) is 22.7 Å². The number of carbonyl (C=O) groups excluding carboxylic acids is 1. The Balaban J connectivity index is 2.75. The van der Waals surface area contributed by atoms with Gasteiger partial charge in [0.25, 0.3) is 0 Å². The van der Waals surface area contributed by atoms with Gasteiger partial charge < -0.3 is 11.1 Å². The third-order valence-corrected chi connectivity index (χ3v) is 4.68. The molecule has 0 saturated heterocycles. The minimum Gasteiger partial charge on any atom is -0.347 e. The normalized spacial score (nSPS) is 13.4. The van der Waals surface area contributed by atoms with Gasteiger partial charge in [-0.15, -0.1) is 11.3 Å². The number of nitrogens with zero attached hydrogens (tertiary/aromatic N) is 1. The van der Waals surface area contributed by atoms with Crippen molar-refractivity contribution in [1.82, 2.24) is 10.3 Å². The Labute approximate surface area is 113 Å². The Morgan fingerprint density at radius 1 is 1.56 bits per heavy atom. The van der Waals surface area contributed by atoms with Gasteiger partial charge in [0.15, 0.2) is 0 Å². The predicted octanol–water partition coefficient (Wildman–Crippen LogP) is 2.39. The van der Waals surface area contributed by atoms with Crippen LogP contribution >= 0.6 is 11.3 Å². The zero-order chi connectivity index (χ0) is 13.8. The van der Waals surface area contributed by atoms with Gasteiger partial charge in [-0.3, -0.25) is 4.79 Å². The number of aryl methyl sites for hydroxylation is 1. The summed E-state index contributed by atoms with van der Waals surface area (Å²) in [4.78, 5) is 17.8. The third kappa shape index (κ3) is 3.09. The van der Waals surface area contributed by atoms with Crippen molar-refractivity contribution < 1.29 is 4.79 Å². The van der Waals surface area contributed by atoms with Crippen molar-refractivity contribution in [3.63, 3.8) is 0 Å². The summed E-state index contributed by atoms with van der Waals surface area (Å²) in [6.07, 6.45) is 3.35. The van der Waals surface area contributed by atoms with Crippen LogP contribution in [0.3, 0.4) is 0 Å². The fourth-order valence-corrected chi connectivity index (χ4v) is 2.71. The third-order valence-electron chi connectivity index (χ3n) is 3.58. The van der Waals surface area contributed by atoms with Crippen LogP contribution in [-0.2, 0) is 4.79 Å². The fourth-order valence-electron chi connectivity index (χ4n) is 1.94. The smallest absolute Gasteiger partial charge is 0.228 e. The van der Waals surface area contributed by atoms with Crippen LogP contribution in [0.1, 0.15) is 49.5 Å². The SMILES string of the molecule is CCC(CC)(CN)C(=O)NC(C)c1ncc(C)s1. The van der Waals surface area contributed by atoms with Crippen molar-refractivity contribution in [2.75, 3.05) is 6.54 Å². The number of rotatable bonds is 6. The number of hydrogen-bond acceptors (Lipinski definition) is 4. The number of hydrogen-bond donors (Lipinski definition) is 2. The summed E-state index contributed by atoms with van der Waals surface area (Å²) in [5.74, 6) is 0.0374. The van der Waals surface area contributed by atoms with Crippen LogP contribution in [0.5, 0.6) is 0 Å². The van der Waals surface area contributed by atoms with Crippen molar-refractivity contribution in [3.8, 4) is 0 Å². The molecule has 18 heavy (non-hydrogen) atoms. The lowest BCUT2D eigenvalue weighted by molar-refractivity contribution is -0.131. The van der Waals surface area contributed by atoms with E-state index in [0.29, 0.717) is 6.54 Å². The van der Waals surface area contributed by atoms with Gasteiger partial charge in [-0.2, -0.15) is 0 Å². The van der Waals surface area contributed by atoms with Gasteiger partial charge in [0.1, 0.15) is 5.01 Å². The number of carbonyl (C=O) groups is 1. The first kappa shape index (κ1) is 15.1. The van der Waals surface area contributed by atoms with Crippen LogP contribution in [0, 0.1) is 12.3 Å². The average molecular weight is 269 g/mol. The lowest BCUT2D eigenvalue weighted by Crippen LogP contribution is -2.46. The van der Waals surface area contributed by atoms with E-state index in [1.807, 2.05) is 33.9 Å². The highest BCUT2D eigenvalue weighted by Gasteiger charge is 2.34. The van der Waals surface area contributed by atoms with Crippen LogP contribution in [0.2, 0.25) is 0 Å². The molecule has 102 valence electrons. The highest BCUT2D eigenvalue weighted by molar-refractivity contribution is 7.11. The molecule has 4 nitrogen and oxygen atoms in total. The standard InChI is InChI=1S/C13H23N3OS/c1-5-13(6-2,8-14)12(17)16-10(4)11-15-7-9(3)18-11/h7,10H,5-6,8,14H2,1-4H3,(H,16,17). The van der Waals surface area contributed by atoms with Gasteiger partial charge in [-0.1, -0.05) is 13.8 Å². The molecule has 0 radical (unpaired) electrons. The van der Waals surface area contributed by atoms with Crippen molar-refractivity contribution >= 4 is 17.2 Å². The van der Waals surface area contributed by atoms with Crippen LogP contribution < -0.4 is 11.1 Å². The fraction of sp³-hybridized carbons (Fsp3) is 0.692. The minimum atomic E-state index is -0.444. The van der Waals surface area contributed by atoms with Crippen LogP contribution in [0.25, 0.3) is 0 Å². The summed E-state index contributed by atoms with van der Waals surface area (Å²) in [5.41, 5.74) is 5.33. The molecule has 0 saturated carbocycles. The van der Waals surface area contributed by atoms with Gasteiger partial charge >= 0.3 is 0 Å². The molecule has 1 amide bonds. The summed E-state index contributed by atoms with van der Waals surface area (Å²) in [6, 6.07) is -0.0553. The van der Waals surface area contributed by atoms with Gasteiger partial charge in [0.2, 0.25) is 5.91 Å². The monoisotopic (exact) mass is 269 g/mol. The number of thiazole rings is 1. The summed E-state index contributed by atoms with van der Waals surface area (Å²) < 4.78 is 0. The Kier molecular flexibility index (Phi) is 5.28. The molecule has 0 aliphatic rings. The van der Waals surface area contributed by atoms with E-state index in [4.69, 9.17) is 5.73 Å². The van der Waals surface area contributed by atoms with Gasteiger partial charge in [0, 0.05) is 17.6 Å². The maximum atomic E-state index is 12.3. The molecule has 0 aromatic carbocycles. The molecule has 5 heteroatoms. The highest BCUT2D eigenvalue weighted by Crippen LogP contribution is 2.27. The average Bonchev–Trinajstić information content (AvgIpc) is 2.79. The molecule has 1 atom stereocenters. The molecule has 3 N–H and O–H groups in total. The van der Waals surface area contributed by atoms with E-state index in [9.17, 15) is 4.79 Å². The van der Waals surface area contributed by atoms with Crippen LogP contribution in [0.15, 0.2) is 6.20 Å². The second-order valence-corrected chi connectivity index (χ2v) is 5.96. The molecular weight excluding hydrogens is 246 g/mol. The lowest BCUT2D eigenvalue weighted by Gasteiger charge is -2.29. The lowest BCUT2D eigenvalue weighted by atomic mass is 9.81. The summed E-state index contributed by atoms with van der Waals surface area (Å²) >= 11 is 1.61. The highest BCUT2D eigenvalue weighted by atomic mass is 32.1. The Bertz CT molecular complexity index is 390. The Hall–Kier alpha value is -0.940. The first-order chi connectivity index (χ1) is 8.49. The zero-order valence-corrected chi connectivity index (χ0v) is 12.4. The van der Waals surface area contributed by atoms with Crippen molar-refractivity contribution in [2.45, 2.75) is 46.6 Å². The summed E-state index contributed by atoms with van der Waals surface area (Å²) in [6.45, 7) is 8.37. The first-order valence-electron chi connectivity index (χ1n) is 6.42.